The number of amides is 2. The Morgan fingerprint density at radius 3 is 2.75 bits per heavy atom. The number of nitrogens with zero attached hydrogens (tertiary/aromatic N) is 1. The third-order valence-corrected chi connectivity index (χ3v) is 4.59. The summed E-state index contributed by atoms with van der Waals surface area (Å²) in [5.41, 5.74) is 3.62. The number of pyridine rings is 1. The van der Waals surface area contributed by atoms with Crippen LogP contribution in [0.25, 0.3) is 22.2 Å². The van der Waals surface area contributed by atoms with Gasteiger partial charge in [0.05, 0.1) is 11.4 Å². The van der Waals surface area contributed by atoms with Gasteiger partial charge in [-0.15, -0.1) is 0 Å². The number of H-pyrrole nitrogens is 1. The van der Waals surface area contributed by atoms with E-state index in [9.17, 15) is 4.79 Å². The lowest BCUT2D eigenvalue weighted by Crippen LogP contribution is -2.36. The summed E-state index contributed by atoms with van der Waals surface area (Å²) in [4.78, 5) is 20.0. The van der Waals surface area contributed by atoms with Gasteiger partial charge in [-0.1, -0.05) is 31.0 Å². The van der Waals surface area contributed by atoms with Crippen molar-refractivity contribution in [3.05, 3.63) is 48.8 Å². The zero-order valence-corrected chi connectivity index (χ0v) is 13.4. The molecule has 1 aliphatic carbocycles. The number of aromatic nitrogens is 2. The minimum atomic E-state index is -0.142. The second-order valence-corrected chi connectivity index (χ2v) is 6.24. The van der Waals surface area contributed by atoms with Crippen LogP contribution in [0.3, 0.4) is 0 Å². The molecule has 5 nitrogen and oxygen atoms in total. The standard InChI is InChI=1S/C19H20N4O/c24-19(21-14-7-1-2-8-14)23-18-15-9-3-4-10-16(15)22-17(18)13-6-5-11-20-12-13/h3-6,9-12,14,22H,1-2,7-8H2,(H2,21,23,24). The molecular weight excluding hydrogens is 300 g/mol. The van der Waals surface area contributed by atoms with E-state index in [4.69, 9.17) is 0 Å². The summed E-state index contributed by atoms with van der Waals surface area (Å²) in [6, 6.07) is 12.0. The molecule has 0 atom stereocenters. The Balaban J connectivity index is 1.68. The Morgan fingerprint density at radius 1 is 1.12 bits per heavy atom. The maximum Gasteiger partial charge on any atom is 0.319 e. The molecular formula is C19H20N4O. The predicted octanol–water partition coefficient (Wildman–Crippen LogP) is 4.29. The van der Waals surface area contributed by atoms with Crippen molar-refractivity contribution in [3.8, 4) is 11.3 Å². The van der Waals surface area contributed by atoms with Crippen molar-refractivity contribution in [1.29, 1.82) is 0 Å². The van der Waals surface area contributed by atoms with Crippen LogP contribution in [0.5, 0.6) is 0 Å². The molecule has 1 saturated carbocycles. The van der Waals surface area contributed by atoms with Crippen LogP contribution in [-0.2, 0) is 0 Å². The SMILES string of the molecule is O=C(Nc1c(-c2cccnc2)[nH]c2ccccc12)NC1CCCC1. The number of carbonyl (C=O) groups is 1. The van der Waals surface area contributed by atoms with Gasteiger partial charge in [-0.05, 0) is 31.0 Å². The minimum absolute atomic E-state index is 0.142. The number of fused-ring (bicyclic) bond motifs is 1. The number of hydrogen-bond acceptors (Lipinski definition) is 2. The highest BCUT2D eigenvalue weighted by Gasteiger charge is 2.19. The molecule has 1 aliphatic rings. The molecule has 2 amide bonds. The number of para-hydroxylation sites is 1. The molecule has 0 spiro atoms. The Kier molecular flexibility index (Phi) is 3.91. The summed E-state index contributed by atoms with van der Waals surface area (Å²) in [5, 5.41) is 7.13. The van der Waals surface area contributed by atoms with Crippen LogP contribution in [0.2, 0.25) is 0 Å². The van der Waals surface area contributed by atoms with Gasteiger partial charge in [0.2, 0.25) is 0 Å². The zero-order chi connectivity index (χ0) is 16.4. The average molecular weight is 320 g/mol. The van der Waals surface area contributed by atoms with Crippen LogP contribution in [0.4, 0.5) is 10.5 Å². The molecule has 0 bridgehead atoms. The van der Waals surface area contributed by atoms with E-state index in [0.29, 0.717) is 0 Å². The number of nitrogens with one attached hydrogen (secondary N) is 3. The molecule has 1 aromatic carbocycles. The molecule has 2 aromatic heterocycles. The van der Waals surface area contributed by atoms with Gasteiger partial charge in [-0.2, -0.15) is 0 Å². The van der Waals surface area contributed by atoms with Gasteiger partial charge in [-0.3, -0.25) is 4.98 Å². The Morgan fingerprint density at radius 2 is 1.96 bits per heavy atom. The highest BCUT2D eigenvalue weighted by Crippen LogP contribution is 2.34. The molecule has 3 aromatic rings. The lowest BCUT2D eigenvalue weighted by Gasteiger charge is -2.13. The highest BCUT2D eigenvalue weighted by molar-refractivity contribution is 6.07. The number of benzene rings is 1. The van der Waals surface area contributed by atoms with Gasteiger partial charge >= 0.3 is 6.03 Å². The number of anilines is 1. The molecule has 0 radical (unpaired) electrons. The van der Waals surface area contributed by atoms with E-state index in [1.54, 1.807) is 12.4 Å². The van der Waals surface area contributed by atoms with E-state index < -0.39 is 0 Å². The van der Waals surface area contributed by atoms with Gasteiger partial charge in [0.1, 0.15) is 0 Å². The summed E-state index contributed by atoms with van der Waals surface area (Å²) in [7, 11) is 0. The van der Waals surface area contributed by atoms with Crippen LogP contribution in [0.1, 0.15) is 25.7 Å². The van der Waals surface area contributed by atoms with Crippen molar-refractivity contribution in [3.63, 3.8) is 0 Å². The maximum absolute atomic E-state index is 12.4. The fraction of sp³-hybridized carbons (Fsp3) is 0.263. The van der Waals surface area contributed by atoms with E-state index in [0.717, 1.165) is 40.7 Å². The first-order chi connectivity index (χ1) is 11.8. The van der Waals surface area contributed by atoms with Gasteiger partial charge in [0.25, 0.3) is 0 Å². The molecule has 122 valence electrons. The summed E-state index contributed by atoms with van der Waals surface area (Å²) in [6.45, 7) is 0. The van der Waals surface area contributed by atoms with Crippen molar-refractivity contribution in [2.45, 2.75) is 31.7 Å². The summed E-state index contributed by atoms with van der Waals surface area (Å²) in [5.74, 6) is 0. The van der Waals surface area contributed by atoms with E-state index in [2.05, 4.69) is 20.6 Å². The first-order valence-electron chi connectivity index (χ1n) is 8.40. The van der Waals surface area contributed by atoms with Gasteiger partial charge in [0.15, 0.2) is 0 Å². The van der Waals surface area contributed by atoms with E-state index in [1.807, 2.05) is 36.4 Å². The molecule has 4 rings (SSSR count). The molecule has 3 N–H and O–H groups in total. The van der Waals surface area contributed by atoms with Crippen molar-refractivity contribution >= 4 is 22.6 Å². The van der Waals surface area contributed by atoms with Crippen LogP contribution in [0, 0.1) is 0 Å². The molecule has 2 heterocycles. The van der Waals surface area contributed by atoms with E-state index in [-0.39, 0.29) is 12.1 Å². The average Bonchev–Trinajstić information content (AvgIpc) is 3.24. The normalized spacial score (nSPS) is 14.8. The molecule has 1 fully saturated rings. The molecule has 5 heteroatoms. The number of aromatic amines is 1. The lowest BCUT2D eigenvalue weighted by molar-refractivity contribution is 0.248. The fourth-order valence-electron chi connectivity index (χ4n) is 3.40. The Hall–Kier alpha value is -2.82. The van der Waals surface area contributed by atoms with Gasteiger partial charge in [-0.25, -0.2) is 4.79 Å². The van der Waals surface area contributed by atoms with Gasteiger partial charge < -0.3 is 15.6 Å². The molecule has 24 heavy (non-hydrogen) atoms. The highest BCUT2D eigenvalue weighted by atomic mass is 16.2. The van der Waals surface area contributed by atoms with E-state index >= 15 is 0 Å². The van der Waals surface area contributed by atoms with E-state index in [1.165, 1.54) is 12.8 Å². The largest absolute Gasteiger partial charge is 0.353 e. The summed E-state index contributed by atoms with van der Waals surface area (Å²) in [6.07, 6.45) is 8.06. The Bertz CT molecular complexity index is 850. The summed E-state index contributed by atoms with van der Waals surface area (Å²) < 4.78 is 0. The van der Waals surface area contributed by atoms with Crippen LogP contribution in [-0.4, -0.2) is 22.0 Å². The minimum Gasteiger partial charge on any atom is -0.353 e. The second kappa shape index (κ2) is 6.35. The first-order valence-corrected chi connectivity index (χ1v) is 8.40. The monoisotopic (exact) mass is 320 g/mol. The fourth-order valence-corrected chi connectivity index (χ4v) is 3.40. The third-order valence-electron chi connectivity index (χ3n) is 4.59. The van der Waals surface area contributed by atoms with Crippen LogP contribution in [0.15, 0.2) is 48.8 Å². The second-order valence-electron chi connectivity index (χ2n) is 6.24. The Labute approximate surface area is 140 Å². The van der Waals surface area contributed by atoms with Crippen molar-refractivity contribution in [2.75, 3.05) is 5.32 Å². The lowest BCUT2D eigenvalue weighted by atomic mass is 10.1. The first kappa shape index (κ1) is 14.8. The third kappa shape index (κ3) is 2.85. The zero-order valence-electron chi connectivity index (χ0n) is 13.4. The van der Waals surface area contributed by atoms with Crippen LogP contribution >= 0.6 is 0 Å². The number of carbonyl (C=O) groups excluding carboxylic acids is 1. The van der Waals surface area contributed by atoms with Gasteiger partial charge in [0, 0.05) is 34.9 Å². The quantitative estimate of drug-likeness (QED) is 0.673. The topological polar surface area (TPSA) is 69.8 Å². The maximum atomic E-state index is 12.4. The summed E-state index contributed by atoms with van der Waals surface area (Å²) >= 11 is 0. The van der Waals surface area contributed by atoms with Crippen molar-refractivity contribution < 1.29 is 4.79 Å². The van der Waals surface area contributed by atoms with Crippen LogP contribution < -0.4 is 10.6 Å². The van der Waals surface area contributed by atoms with Crippen molar-refractivity contribution in [1.82, 2.24) is 15.3 Å². The molecule has 0 aliphatic heterocycles. The van der Waals surface area contributed by atoms with Crippen molar-refractivity contribution in [2.24, 2.45) is 0 Å². The number of hydrogen-bond donors (Lipinski definition) is 3. The number of rotatable bonds is 3. The molecule has 0 unspecified atom stereocenters. The molecule has 0 saturated heterocycles. The predicted molar refractivity (Wildman–Crippen MR) is 95.9 cm³/mol. The smallest absolute Gasteiger partial charge is 0.319 e. The number of urea groups is 1.